The number of carbonyl (C=O) groups excluding carboxylic acids is 1. The van der Waals surface area contributed by atoms with Crippen molar-refractivity contribution < 1.29 is 13.2 Å². The first-order valence-corrected chi connectivity index (χ1v) is 16.0. The third kappa shape index (κ3) is 7.19. The summed E-state index contributed by atoms with van der Waals surface area (Å²) in [7, 11) is -3.66. The van der Waals surface area contributed by atoms with Crippen LogP contribution in [0.4, 0.5) is 5.13 Å². The number of hydrogen-bond acceptors (Lipinski definition) is 6. The van der Waals surface area contributed by atoms with Gasteiger partial charge in [0.2, 0.25) is 15.2 Å². The molecule has 4 rings (SSSR count). The molecule has 39 heavy (non-hydrogen) atoms. The first kappa shape index (κ1) is 29.1. The Morgan fingerprint density at radius 3 is 2.28 bits per heavy atom. The highest BCUT2D eigenvalue weighted by atomic mass is 79.9. The van der Waals surface area contributed by atoms with Gasteiger partial charge in [-0.15, -0.1) is 0 Å². The second-order valence-electron chi connectivity index (χ2n) is 9.02. The highest BCUT2D eigenvalue weighted by Crippen LogP contribution is 2.32. The SMILES string of the molecule is CCCCN(CCCC)S(=O)(=O)c1ccc(C(=O)N(/N=C/c2ccccc2)c2nc3ccc(Br)cc3s2)cc1. The van der Waals surface area contributed by atoms with Crippen molar-refractivity contribution in [1.82, 2.24) is 9.29 Å². The lowest BCUT2D eigenvalue weighted by Crippen LogP contribution is -2.33. The zero-order valence-corrected chi connectivity index (χ0v) is 25.2. The highest BCUT2D eigenvalue weighted by Gasteiger charge is 2.25. The van der Waals surface area contributed by atoms with E-state index in [1.54, 1.807) is 22.7 Å². The smallest absolute Gasteiger partial charge is 0.267 e. The molecule has 1 aromatic heterocycles. The maximum Gasteiger partial charge on any atom is 0.280 e. The van der Waals surface area contributed by atoms with Crippen molar-refractivity contribution in [3.05, 3.63) is 88.4 Å². The molecule has 0 aliphatic carbocycles. The van der Waals surface area contributed by atoms with Gasteiger partial charge in [-0.2, -0.15) is 14.4 Å². The number of halogens is 1. The molecule has 0 N–H and O–H groups in total. The summed E-state index contributed by atoms with van der Waals surface area (Å²) in [4.78, 5) is 18.5. The van der Waals surface area contributed by atoms with Gasteiger partial charge in [0.1, 0.15) is 0 Å². The second-order valence-corrected chi connectivity index (χ2v) is 12.9. The Labute approximate surface area is 242 Å². The van der Waals surface area contributed by atoms with E-state index in [4.69, 9.17) is 0 Å². The minimum Gasteiger partial charge on any atom is -0.267 e. The van der Waals surface area contributed by atoms with E-state index in [2.05, 4.69) is 26.0 Å². The Hall–Kier alpha value is -2.92. The van der Waals surface area contributed by atoms with Crippen LogP contribution in [0.2, 0.25) is 0 Å². The van der Waals surface area contributed by atoms with E-state index >= 15 is 0 Å². The minimum atomic E-state index is -3.66. The first-order chi connectivity index (χ1) is 18.8. The lowest BCUT2D eigenvalue weighted by atomic mass is 10.2. The van der Waals surface area contributed by atoms with Crippen molar-refractivity contribution in [3.8, 4) is 0 Å². The zero-order chi connectivity index (χ0) is 27.8. The molecule has 10 heteroatoms. The number of amides is 1. The fourth-order valence-corrected chi connectivity index (χ4v) is 6.88. The monoisotopic (exact) mass is 626 g/mol. The number of aromatic nitrogens is 1. The standard InChI is InChI=1S/C29H31BrN4O3S2/c1-3-5-18-33(19-6-4-2)39(36,37)25-15-12-23(13-16-25)28(35)34(31-21-22-10-8-7-9-11-22)29-32-26-17-14-24(30)20-27(26)38-29/h7-17,20-21H,3-6,18-19H2,1-2H3/b31-21+. The van der Waals surface area contributed by atoms with Crippen LogP contribution < -0.4 is 5.01 Å². The van der Waals surface area contributed by atoms with E-state index in [0.29, 0.717) is 23.8 Å². The fourth-order valence-electron chi connectivity index (χ4n) is 3.89. The summed E-state index contributed by atoms with van der Waals surface area (Å²) in [6, 6.07) is 21.3. The van der Waals surface area contributed by atoms with Crippen LogP contribution in [0.3, 0.4) is 0 Å². The van der Waals surface area contributed by atoms with Gasteiger partial charge in [0.05, 0.1) is 21.3 Å². The summed E-state index contributed by atoms with van der Waals surface area (Å²) in [6.45, 7) is 5.05. The highest BCUT2D eigenvalue weighted by molar-refractivity contribution is 9.10. The molecular formula is C29H31BrN4O3S2. The first-order valence-electron chi connectivity index (χ1n) is 12.9. The molecule has 3 aromatic carbocycles. The Bertz CT molecular complexity index is 1530. The number of unbranched alkanes of at least 4 members (excludes halogenated alkanes) is 2. The van der Waals surface area contributed by atoms with Gasteiger partial charge in [-0.1, -0.05) is 84.3 Å². The predicted octanol–water partition coefficient (Wildman–Crippen LogP) is 7.33. The predicted molar refractivity (Wildman–Crippen MR) is 163 cm³/mol. The van der Waals surface area contributed by atoms with Crippen LogP contribution in [0.5, 0.6) is 0 Å². The van der Waals surface area contributed by atoms with Gasteiger partial charge in [0.15, 0.2) is 0 Å². The van der Waals surface area contributed by atoms with Gasteiger partial charge in [-0.25, -0.2) is 13.4 Å². The lowest BCUT2D eigenvalue weighted by molar-refractivity contribution is 0.0987. The van der Waals surface area contributed by atoms with Gasteiger partial charge in [-0.05, 0) is 60.9 Å². The lowest BCUT2D eigenvalue weighted by Gasteiger charge is -2.22. The number of sulfonamides is 1. The van der Waals surface area contributed by atoms with Crippen LogP contribution in [-0.4, -0.2) is 42.9 Å². The Morgan fingerprint density at radius 2 is 1.64 bits per heavy atom. The van der Waals surface area contributed by atoms with Crippen molar-refractivity contribution in [3.63, 3.8) is 0 Å². The number of thiazole rings is 1. The quantitative estimate of drug-likeness (QED) is 0.122. The van der Waals surface area contributed by atoms with Gasteiger partial charge < -0.3 is 0 Å². The number of anilines is 1. The molecule has 1 heterocycles. The molecule has 0 saturated heterocycles. The van der Waals surface area contributed by atoms with Crippen LogP contribution in [0, 0.1) is 0 Å². The molecule has 0 aliphatic heterocycles. The molecule has 0 spiro atoms. The van der Waals surface area contributed by atoms with Crippen LogP contribution in [-0.2, 0) is 10.0 Å². The average molecular weight is 628 g/mol. The molecule has 0 saturated carbocycles. The van der Waals surface area contributed by atoms with E-state index in [0.717, 1.165) is 45.9 Å². The third-order valence-corrected chi connectivity index (χ3v) is 9.50. The van der Waals surface area contributed by atoms with Crippen molar-refractivity contribution in [1.29, 1.82) is 0 Å². The molecule has 0 radical (unpaired) electrons. The number of hydrogen-bond donors (Lipinski definition) is 0. The molecule has 0 unspecified atom stereocenters. The number of fused-ring (bicyclic) bond motifs is 1. The van der Waals surface area contributed by atoms with E-state index in [1.165, 1.54) is 28.5 Å². The molecule has 0 aliphatic rings. The van der Waals surface area contributed by atoms with E-state index in [1.807, 2.05) is 62.4 Å². The molecule has 0 bridgehead atoms. The Balaban J connectivity index is 1.66. The van der Waals surface area contributed by atoms with Gasteiger partial charge in [0.25, 0.3) is 5.91 Å². The molecule has 0 atom stereocenters. The zero-order valence-electron chi connectivity index (χ0n) is 22.0. The summed E-state index contributed by atoms with van der Waals surface area (Å²) in [5, 5.41) is 6.18. The number of benzene rings is 3. The minimum absolute atomic E-state index is 0.176. The number of hydrazone groups is 1. The summed E-state index contributed by atoms with van der Waals surface area (Å²) < 4.78 is 30.1. The van der Waals surface area contributed by atoms with E-state index in [-0.39, 0.29) is 4.90 Å². The van der Waals surface area contributed by atoms with Crippen molar-refractivity contribution in [2.45, 2.75) is 44.4 Å². The molecular weight excluding hydrogens is 596 g/mol. The number of rotatable bonds is 12. The molecule has 7 nitrogen and oxygen atoms in total. The van der Waals surface area contributed by atoms with Gasteiger partial charge >= 0.3 is 0 Å². The van der Waals surface area contributed by atoms with Crippen LogP contribution in [0.15, 0.2) is 87.3 Å². The van der Waals surface area contributed by atoms with Crippen molar-refractivity contribution >= 4 is 64.8 Å². The summed E-state index contributed by atoms with van der Waals surface area (Å²) in [6.07, 6.45) is 5.03. The van der Waals surface area contributed by atoms with Gasteiger partial charge in [0, 0.05) is 23.1 Å². The van der Waals surface area contributed by atoms with E-state index in [9.17, 15) is 13.2 Å². The van der Waals surface area contributed by atoms with Crippen LogP contribution >= 0.6 is 27.3 Å². The Kier molecular flexibility index (Phi) is 10.0. The van der Waals surface area contributed by atoms with Crippen molar-refractivity contribution in [2.75, 3.05) is 18.1 Å². The normalized spacial score (nSPS) is 12.0. The molecule has 204 valence electrons. The maximum atomic E-state index is 13.7. The largest absolute Gasteiger partial charge is 0.280 e. The number of nitrogens with zero attached hydrogens (tertiary/aromatic N) is 4. The second kappa shape index (κ2) is 13.4. The maximum absolute atomic E-state index is 13.7. The van der Waals surface area contributed by atoms with Crippen LogP contribution in [0.1, 0.15) is 55.5 Å². The average Bonchev–Trinajstić information content (AvgIpc) is 3.36. The van der Waals surface area contributed by atoms with E-state index < -0.39 is 15.9 Å². The summed E-state index contributed by atoms with van der Waals surface area (Å²) >= 11 is 4.83. The fraction of sp³-hybridized carbons (Fsp3) is 0.276. The van der Waals surface area contributed by atoms with Crippen LogP contribution in [0.25, 0.3) is 10.2 Å². The molecule has 1 amide bonds. The topological polar surface area (TPSA) is 82.9 Å². The third-order valence-electron chi connectivity index (χ3n) is 6.10. The summed E-state index contributed by atoms with van der Waals surface area (Å²) in [5.41, 5.74) is 1.90. The van der Waals surface area contributed by atoms with Gasteiger partial charge in [-0.3, -0.25) is 4.79 Å². The number of carbonyl (C=O) groups is 1. The van der Waals surface area contributed by atoms with Crippen molar-refractivity contribution in [2.24, 2.45) is 5.10 Å². The Morgan fingerprint density at radius 1 is 0.974 bits per heavy atom. The molecule has 0 fully saturated rings. The summed E-state index contributed by atoms with van der Waals surface area (Å²) in [5.74, 6) is -0.405. The molecule has 4 aromatic rings.